The molecule has 0 radical (unpaired) electrons. The third-order valence-electron chi connectivity index (χ3n) is 6.75. The Kier molecular flexibility index (Phi) is 7.20. The Morgan fingerprint density at radius 2 is 1.65 bits per heavy atom. The maximum absolute atomic E-state index is 13.6. The van der Waals surface area contributed by atoms with Crippen molar-refractivity contribution < 1.29 is 14.4 Å². The highest BCUT2D eigenvalue weighted by molar-refractivity contribution is 5.95. The van der Waals surface area contributed by atoms with E-state index in [0.29, 0.717) is 26.1 Å². The normalized spacial score (nSPS) is 18.9. The molecule has 2 fully saturated rings. The molecule has 7 nitrogen and oxygen atoms in total. The van der Waals surface area contributed by atoms with E-state index in [9.17, 15) is 14.4 Å². The Bertz CT molecular complexity index is 1030. The lowest BCUT2D eigenvalue weighted by Gasteiger charge is -2.41. The fourth-order valence-electron chi connectivity index (χ4n) is 4.64. The highest BCUT2D eigenvalue weighted by Crippen LogP contribution is 2.32. The number of hydrogen-bond acceptors (Lipinski definition) is 3. The molecule has 2 aromatic carbocycles. The van der Waals surface area contributed by atoms with E-state index in [1.807, 2.05) is 74.2 Å². The summed E-state index contributed by atoms with van der Waals surface area (Å²) >= 11 is 0. The SMILES string of the molecule is Cc1cccc(C)c1NC(=O)NC(Cc1ccccc1)C(=O)N1CCN(C(=O)C2CC2)C(C)C1. The van der Waals surface area contributed by atoms with Crippen molar-refractivity contribution in [3.05, 3.63) is 65.2 Å². The van der Waals surface area contributed by atoms with Gasteiger partial charge in [0.2, 0.25) is 11.8 Å². The molecule has 7 heteroatoms. The predicted molar refractivity (Wildman–Crippen MR) is 132 cm³/mol. The number of rotatable bonds is 6. The van der Waals surface area contributed by atoms with E-state index in [1.54, 1.807) is 4.90 Å². The zero-order chi connectivity index (χ0) is 24.2. The minimum Gasteiger partial charge on any atom is -0.337 e. The molecular formula is C27H34N4O3. The second-order valence-electron chi connectivity index (χ2n) is 9.55. The van der Waals surface area contributed by atoms with Crippen LogP contribution in [0.5, 0.6) is 0 Å². The third-order valence-corrected chi connectivity index (χ3v) is 6.75. The molecule has 0 bridgehead atoms. The van der Waals surface area contributed by atoms with Crippen LogP contribution in [0.4, 0.5) is 10.5 Å². The van der Waals surface area contributed by atoms with Gasteiger partial charge in [-0.2, -0.15) is 0 Å². The molecule has 2 N–H and O–H groups in total. The van der Waals surface area contributed by atoms with Crippen LogP contribution in [0.2, 0.25) is 0 Å². The van der Waals surface area contributed by atoms with Gasteiger partial charge in [-0.15, -0.1) is 0 Å². The average molecular weight is 463 g/mol. The van der Waals surface area contributed by atoms with Crippen LogP contribution >= 0.6 is 0 Å². The van der Waals surface area contributed by atoms with Crippen molar-refractivity contribution in [2.75, 3.05) is 25.0 Å². The van der Waals surface area contributed by atoms with Gasteiger partial charge in [0.05, 0.1) is 0 Å². The number of benzene rings is 2. The third kappa shape index (κ3) is 5.58. The minimum atomic E-state index is -0.704. The highest BCUT2D eigenvalue weighted by atomic mass is 16.2. The van der Waals surface area contributed by atoms with Gasteiger partial charge >= 0.3 is 6.03 Å². The van der Waals surface area contributed by atoms with Crippen molar-refractivity contribution in [3.63, 3.8) is 0 Å². The van der Waals surface area contributed by atoms with E-state index in [1.165, 1.54) is 0 Å². The van der Waals surface area contributed by atoms with Crippen molar-refractivity contribution in [3.8, 4) is 0 Å². The molecule has 0 aromatic heterocycles. The molecule has 2 aromatic rings. The molecule has 180 valence electrons. The van der Waals surface area contributed by atoms with E-state index in [4.69, 9.17) is 0 Å². The van der Waals surface area contributed by atoms with Crippen LogP contribution < -0.4 is 10.6 Å². The number of anilines is 1. The number of piperazine rings is 1. The summed E-state index contributed by atoms with van der Waals surface area (Å²) in [5.74, 6) is 0.267. The molecule has 2 aliphatic rings. The maximum atomic E-state index is 13.6. The number of carbonyl (C=O) groups excluding carboxylic acids is 3. The van der Waals surface area contributed by atoms with Gasteiger partial charge in [-0.05, 0) is 50.3 Å². The van der Waals surface area contributed by atoms with Crippen molar-refractivity contribution >= 4 is 23.5 Å². The number of para-hydroxylation sites is 1. The van der Waals surface area contributed by atoms with Crippen molar-refractivity contribution in [1.29, 1.82) is 0 Å². The monoisotopic (exact) mass is 462 g/mol. The molecule has 4 rings (SSSR count). The molecule has 1 saturated carbocycles. The van der Waals surface area contributed by atoms with Crippen LogP contribution in [-0.2, 0) is 16.0 Å². The lowest BCUT2D eigenvalue weighted by atomic mass is 10.0. The zero-order valence-corrected chi connectivity index (χ0v) is 20.2. The van der Waals surface area contributed by atoms with Crippen LogP contribution in [0.3, 0.4) is 0 Å². The van der Waals surface area contributed by atoms with Crippen LogP contribution in [-0.4, -0.2) is 59.4 Å². The molecular weight excluding hydrogens is 428 g/mol. The van der Waals surface area contributed by atoms with Crippen molar-refractivity contribution in [1.82, 2.24) is 15.1 Å². The molecule has 1 aliphatic carbocycles. The van der Waals surface area contributed by atoms with Crippen LogP contribution in [0.25, 0.3) is 0 Å². The van der Waals surface area contributed by atoms with E-state index in [2.05, 4.69) is 10.6 Å². The van der Waals surface area contributed by atoms with E-state index in [-0.39, 0.29) is 23.8 Å². The van der Waals surface area contributed by atoms with Gasteiger partial charge in [0.15, 0.2) is 0 Å². The first-order chi connectivity index (χ1) is 16.3. The number of carbonyl (C=O) groups is 3. The second-order valence-corrected chi connectivity index (χ2v) is 9.55. The molecule has 1 aliphatic heterocycles. The van der Waals surface area contributed by atoms with Gasteiger partial charge in [-0.3, -0.25) is 9.59 Å². The number of nitrogens with zero attached hydrogens (tertiary/aromatic N) is 2. The summed E-state index contributed by atoms with van der Waals surface area (Å²) in [7, 11) is 0. The van der Waals surface area contributed by atoms with Crippen LogP contribution in [0.15, 0.2) is 48.5 Å². The number of urea groups is 1. The number of nitrogens with one attached hydrogen (secondary N) is 2. The minimum absolute atomic E-state index is 0.0355. The fraction of sp³-hybridized carbons (Fsp3) is 0.444. The highest BCUT2D eigenvalue weighted by Gasteiger charge is 2.39. The number of hydrogen-bond donors (Lipinski definition) is 2. The first-order valence-electron chi connectivity index (χ1n) is 12.1. The van der Waals surface area contributed by atoms with Gasteiger partial charge < -0.3 is 20.4 Å². The standard InChI is InChI=1S/C27H34N4O3/c1-18-8-7-9-19(2)24(18)29-27(34)28-23(16-21-10-5-4-6-11-21)26(33)30-14-15-31(20(3)17-30)25(32)22-12-13-22/h4-11,20,22-23H,12-17H2,1-3H3,(H2,28,29,34). The summed E-state index contributed by atoms with van der Waals surface area (Å²) < 4.78 is 0. The molecule has 1 heterocycles. The van der Waals surface area contributed by atoms with Gasteiger partial charge in [0, 0.05) is 43.7 Å². The number of amides is 4. The van der Waals surface area contributed by atoms with Crippen molar-refractivity contribution in [2.24, 2.45) is 5.92 Å². The molecule has 2 atom stereocenters. The second kappa shape index (κ2) is 10.3. The summed E-state index contributed by atoms with van der Waals surface area (Å²) in [5, 5.41) is 5.85. The Hall–Kier alpha value is -3.35. The van der Waals surface area contributed by atoms with Gasteiger partial charge in [-0.1, -0.05) is 48.5 Å². The van der Waals surface area contributed by atoms with Gasteiger partial charge in [0.25, 0.3) is 0 Å². The predicted octanol–water partition coefficient (Wildman–Crippen LogP) is 3.51. The molecule has 0 spiro atoms. The molecule has 4 amide bonds. The first-order valence-corrected chi connectivity index (χ1v) is 12.1. The van der Waals surface area contributed by atoms with Crippen LogP contribution in [0, 0.1) is 19.8 Å². The smallest absolute Gasteiger partial charge is 0.319 e. The Balaban J connectivity index is 1.46. The van der Waals surface area contributed by atoms with Crippen LogP contribution in [0.1, 0.15) is 36.5 Å². The number of aryl methyl sites for hydroxylation is 2. The molecule has 2 unspecified atom stereocenters. The summed E-state index contributed by atoms with van der Waals surface area (Å²) in [6.07, 6.45) is 2.35. The lowest BCUT2D eigenvalue weighted by Crippen LogP contribution is -2.59. The Morgan fingerprint density at radius 3 is 2.26 bits per heavy atom. The Morgan fingerprint density at radius 1 is 0.971 bits per heavy atom. The Labute approximate surface area is 201 Å². The first kappa shape index (κ1) is 23.8. The van der Waals surface area contributed by atoms with E-state index < -0.39 is 12.1 Å². The summed E-state index contributed by atoms with van der Waals surface area (Å²) in [5.41, 5.74) is 3.66. The lowest BCUT2D eigenvalue weighted by molar-refractivity contribution is -0.144. The summed E-state index contributed by atoms with van der Waals surface area (Å²) in [4.78, 5) is 42.8. The molecule has 34 heavy (non-hydrogen) atoms. The van der Waals surface area contributed by atoms with Crippen molar-refractivity contribution in [2.45, 2.75) is 52.1 Å². The topological polar surface area (TPSA) is 81.8 Å². The van der Waals surface area contributed by atoms with Gasteiger partial charge in [-0.25, -0.2) is 4.79 Å². The van der Waals surface area contributed by atoms with Gasteiger partial charge in [0.1, 0.15) is 6.04 Å². The van der Waals surface area contributed by atoms with E-state index in [0.717, 1.165) is 35.2 Å². The summed E-state index contributed by atoms with van der Waals surface area (Å²) in [6.45, 7) is 7.37. The molecule has 1 saturated heterocycles. The zero-order valence-electron chi connectivity index (χ0n) is 20.2. The maximum Gasteiger partial charge on any atom is 0.319 e. The fourth-order valence-corrected chi connectivity index (χ4v) is 4.64. The average Bonchev–Trinajstić information content (AvgIpc) is 3.66. The summed E-state index contributed by atoms with van der Waals surface area (Å²) in [6, 6.07) is 14.4. The quantitative estimate of drug-likeness (QED) is 0.689. The largest absolute Gasteiger partial charge is 0.337 e. The van der Waals surface area contributed by atoms with E-state index >= 15 is 0 Å².